The molecule has 1 fully saturated rings. The Hall–Kier alpha value is -2.72. The van der Waals surface area contributed by atoms with Crippen molar-refractivity contribution in [3.05, 3.63) is 66.1 Å². The smallest absolute Gasteiger partial charge is 0.417 e. The summed E-state index contributed by atoms with van der Waals surface area (Å²) in [7, 11) is -3.77. The highest BCUT2D eigenvalue weighted by atomic mass is 32.2. The molecule has 2 aromatic carbocycles. The minimum absolute atomic E-state index is 0.0905. The standard InChI is InChI=1S/C20H18F3N3O3S/c1-19(2)15(16(19)26-30(27,28)12-8-4-3-5-9-12)18-25-24-17(29-18)13-10-6-7-11-14(13)20(21,22)23/h3-11,15-16,26H,1-2H3/t15-,16-/m0/s1. The Labute approximate surface area is 171 Å². The molecule has 1 aromatic heterocycles. The van der Waals surface area contributed by atoms with Crippen LogP contribution in [0, 0.1) is 5.41 Å². The van der Waals surface area contributed by atoms with E-state index in [2.05, 4.69) is 14.9 Å². The zero-order valence-corrected chi connectivity index (χ0v) is 16.8. The number of benzene rings is 2. The van der Waals surface area contributed by atoms with Crippen LogP contribution in [0.5, 0.6) is 0 Å². The van der Waals surface area contributed by atoms with E-state index < -0.39 is 39.1 Å². The first-order valence-electron chi connectivity index (χ1n) is 9.09. The summed E-state index contributed by atoms with van der Waals surface area (Å²) in [6, 6.07) is 12.3. The third-order valence-corrected chi connectivity index (χ3v) is 6.79. The fourth-order valence-electron chi connectivity index (χ4n) is 3.54. The molecule has 1 aliphatic rings. The molecule has 2 atom stereocenters. The molecule has 0 amide bonds. The largest absolute Gasteiger partial charge is 0.420 e. The lowest BCUT2D eigenvalue weighted by Gasteiger charge is -2.09. The van der Waals surface area contributed by atoms with Crippen molar-refractivity contribution in [3.8, 4) is 11.5 Å². The van der Waals surface area contributed by atoms with Gasteiger partial charge in [-0.25, -0.2) is 13.1 Å². The second-order valence-electron chi connectivity index (χ2n) is 7.70. The van der Waals surface area contributed by atoms with Gasteiger partial charge in [0.2, 0.25) is 21.8 Å². The van der Waals surface area contributed by atoms with E-state index in [9.17, 15) is 21.6 Å². The first kappa shape index (κ1) is 20.5. The summed E-state index contributed by atoms with van der Waals surface area (Å²) in [5.41, 5.74) is -1.64. The Morgan fingerprint density at radius 2 is 1.63 bits per heavy atom. The normalized spacial score (nSPS) is 20.8. The molecule has 3 aromatic rings. The number of sulfonamides is 1. The van der Waals surface area contributed by atoms with Gasteiger partial charge in [-0.1, -0.05) is 44.2 Å². The van der Waals surface area contributed by atoms with E-state index in [1.165, 1.54) is 30.3 Å². The molecule has 0 radical (unpaired) electrons. The van der Waals surface area contributed by atoms with Gasteiger partial charge in [-0.3, -0.25) is 0 Å². The van der Waals surface area contributed by atoms with Gasteiger partial charge in [-0.2, -0.15) is 13.2 Å². The summed E-state index contributed by atoms with van der Waals surface area (Å²) < 4.78 is 73.3. The van der Waals surface area contributed by atoms with Gasteiger partial charge in [-0.15, -0.1) is 10.2 Å². The molecular weight excluding hydrogens is 419 g/mol. The van der Waals surface area contributed by atoms with Crippen molar-refractivity contribution < 1.29 is 26.0 Å². The van der Waals surface area contributed by atoms with Gasteiger partial charge in [0.25, 0.3) is 0 Å². The average Bonchev–Trinajstić information content (AvgIpc) is 3.03. The van der Waals surface area contributed by atoms with E-state index in [-0.39, 0.29) is 22.2 Å². The maximum atomic E-state index is 13.3. The maximum absolute atomic E-state index is 13.3. The van der Waals surface area contributed by atoms with Crippen LogP contribution in [-0.2, 0) is 16.2 Å². The predicted molar refractivity (Wildman–Crippen MR) is 102 cm³/mol. The number of alkyl halides is 3. The molecule has 0 aliphatic heterocycles. The van der Waals surface area contributed by atoms with Gasteiger partial charge in [-0.05, 0) is 29.7 Å². The van der Waals surface area contributed by atoms with Crippen LogP contribution in [-0.4, -0.2) is 24.7 Å². The number of nitrogens with one attached hydrogen (secondary N) is 1. The lowest BCUT2D eigenvalue weighted by atomic mass is 10.1. The summed E-state index contributed by atoms with van der Waals surface area (Å²) >= 11 is 0. The molecule has 0 spiro atoms. The van der Waals surface area contributed by atoms with E-state index in [1.807, 2.05) is 13.8 Å². The zero-order valence-electron chi connectivity index (χ0n) is 16.0. The summed E-state index contributed by atoms with van der Waals surface area (Å²) in [5.74, 6) is -0.631. The summed E-state index contributed by atoms with van der Waals surface area (Å²) in [4.78, 5) is 0.122. The number of rotatable bonds is 5. The summed E-state index contributed by atoms with van der Waals surface area (Å²) in [5, 5.41) is 7.69. The van der Waals surface area contributed by atoms with Gasteiger partial charge in [0.05, 0.1) is 21.9 Å². The molecule has 1 N–H and O–H groups in total. The van der Waals surface area contributed by atoms with E-state index in [0.717, 1.165) is 6.07 Å². The number of hydrogen-bond donors (Lipinski definition) is 1. The van der Waals surface area contributed by atoms with Crippen LogP contribution in [0.2, 0.25) is 0 Å². The molecule has 0 unspecified atom stereocenters. The molecule has 10 heteroatoms. The second kappa shape index (κ2) is 6.92. The molecule has 30 heavy (non-hydrogen) atoms. The van der Waals surface area contributed by atoms with E-state index >= 15 is 0 Å². The van der Waals surface area contributed by atoms with Crippen LogP contribution >= 0.6 is 0 Å². The zero-order chi connectivity index (χ0) is 21.7. The predicted octanol–water partition coefficient (Wildman–Crippen LogP) is 4.23. The van der Waals surface area contributed by atoms with Crippen molar-refractivity contribution in [2.45, 2.75) is 36.9 Å². The molecule has 1 heterocycles. The molecule has 1 aliphatic carbocycles. The van der Waals surface area contributed by atoms with Crippen molar-refractivity contribution in [2.75, 3.05) is 0 Å². The Kier molecular flexibility index (Phi) is 4.74. The Balaban J connectivity index is 1.61. The first-order chi connectivity index (χ1) is 14.0. The van der Waals surface area contributed by atoms with Crippen molar-refractivity contribution in [1.82, 2.24) is 14.9 Å². The van der Waals surface area contributed by atoms with Crippen LogP contribution in [0.25, 0.3) is 11.5 Å². The second-order valence-corrected chi connectivity index (χ2v) is 9.41. The van der Waals surface area contributed by atoms with Crippen LogP contribution in [0.3, 0.4) is 0 Å². The molecule has 6 nitrogen and oxygen atoms in total. The van der Waals surface area contributed by atoms with E-state index in [0.29, 0.717) is 0 Å². The molecule has 0 bridgehead atoms. The van der Waals surface area contributed by atoms with Crippen LogP contribution in [0.1, 0.15) is 31.2 Å². The summed E-state index contributed by atoms with van der Waals surface area (Å²) in [6.45, 7) is 3.65. The third-order valence-electron chi connectivity index (χ3n) is 5.33. The van der Waals surface area contributed by atoms with E-state index in [4.69, 9.17) is 4.42 Å². The van der Waals surface area contributed by atoms with Crippen LogP contribution < -0.4 is 4.72 Å². The lowest BCUT2D eigenvalue weighted by Crippen LogP contribution is -2.29. The van der Waals surface area contributed by atoms with Gasteiger partial charge in [0, 0.05) is 6.04 Å². The van der Waals surface area contributed by atoms with Crippen LogP contribution in [0.4, 0.5) is 13.2 Å². The average molecular weight is 437 g/mol. The molecule has 0 saturated heterocycles. The minimum atomic E-state index is -4.57. The molecule has 4 rings (SSSR count). The molecule has 1 saturated carbocycles. The number of halogens is 3. The summed E-state index contributed by atoms with van der Waals surface area (Å²) in [6.07, 6.45) is -4.57. The Morgan fingerprint density at radius 3 is 2.30 bits per heavy atom. The van der Waals surface area contributed by atoms with Gasteiger partial charge < -0.3 is 4.42 Å². The van der Waals surface area contributed by atoms with Gasteiger partial charge >= 0.3 is 6.18 Å². The number of hydrogen-bond acceptors (Lipinski definition) is 5. The van der Waals surface area contributed by atoms with Crippen molar-refractivity contribution in [3.63, 3.8) is 0 Å². The van der Waals surface area contributed by atoms with E-state index in [1.54, 1.807) is 18.2 Å². The number of nitrogens with zero attached hydrogens (tertiary/aromatic N) is 2. The fraction of sp³-hybridized carbons (Fsp3) is 0.300. The highest BCUT2D eigenvalue weighted by Gasteiger charge is 2.63. The van der Waals surface area contributed by atoms with Gasteiger partial charge in [0.15, 0.2) is 0 Å². The Morgan fingerprint density at radius 1 is 1.00 bits per heavy atom. The monoisotopic (exact) mass is 437 g/mol. The SMILES string of the molecule is CC1(C)[C@H](c2nnc(-c3ccccc3C(F)(F)F)o2)[C@@H]1NS(=O)(=O)c1ccccc1. The van der Waals surface area contributed by atoms with Crippen LogP contribution in [0.15, 0.2) is 63.9 Å². The first-order valence-corrected chi connectivity index (χ1v) is 10.6. The fourth-order valence-corrected chi connectivity index (χ4v) is 4.97. The van der Waals surface area contributed by atoms with Crippen molar-refractivity contribution >= 4 is 10.0 Å². The van der Waals surface area contributed by atoms with Crippen molar-refractivity contribution in [2.24, 2.45) is 5.41 Å². The number of aromatic nitrogens is 2. The Bertz CT molecular complexity index is 1170. The van der Waals surface area contributed by atoms with Crippen molar-refractivity contribution in [1.29, 1.82) is 0 Å². The minimum Gasteiger partial charge on any atom is -0.420 e. The highest BCUT2D eigenvalue weighted by Crippen LogP contribution is 2.59. The molecule has 158 valence electrons. The quantitative estimate of drug-likeness (QED) is 0.646. The lowest BCUT2D eigenvalue weighted by molar-refractivity contribution is -0.137. The highest BCUT2D eigenvalue weighted by molar-refractivity contribution is 7.89. The maximum Gasteiger partial charge on any atom is 0.417 e. The molecular formula is C20H18F3N3O3S. The topological polar surface area (TPSA) is 85.1 Å². The van der Waals surface area contributed by atoms with Gasteiger partial charge in [0.1, 0.15) is 0 Å². The third kappa shape index (κ3) is 3.61.